The highest BCUT2D eigenvalue weighted by molar-refractivity contribution is 8.01. The van der Waals surface area contributed by atoms with E-state index in [1.54, 1.807) is 0 Å². The van der Waals surface area contributed by atoms with E-state index in [2.05, 4.69) is 18.8 Å². The second kappa shape index (κ2) is 5.36. The fraction of sp³-hybridized carbons (Fsp3) is 0.556. The zero-order valence-electron chi connectivity index (χ0n) is 8.19. The van der Waals surface area contributed by atoms with Gasteiger partial charge >= 0.3 is 5.97 Å². The van der Waals surface area contributed by atoms with Crippen LogP contribution in [0.2, 0.25) is 0 Å². The van der Waals surface area contributed by atoms with E-state index in [4.69, 9.17) is 5.11 Å². The maximum atomic E-state index is 10.3. The van der Waals surface area contributed by atoms with Gasteiger partial charge in [0.25, 0.3) is 0 Å². The molecule has 78 valence electrons. The number of thioether (sulfide) groups is 1. The van der Waals surface area contributed by atoms with Crippen molar-refractivity contribution in [2.24, 2.45) is 0 Å². The van der Waals surface area contributed by atoms with Gasteiger partial charge in [-0.25, -0.2) is 4.98 Å². The second-order valence-electron chi connectivity index (χ2n) is 3.03. The summed E-state index contributed by atoms with van der Waals surface area (Å²) in [4.78, 5) is 14.7. The van der Waals surface area contributed by atoms with Crippen molar-refractivity contribution in [2.75, 3.05) is 5.75 Å². The van der Waals surface area contributed by atoms with Gasteiger partial charge in [0.2, 0.25) is 0 Å². The van der Waals surface area contributed by atoms with Crippen LogP contribution < -0.4 is 0 Å². The maximum Gasteiger partial charge on any atom is 0.313 e. The molecule has 1 aromatic heterocycles. The van der Waals surface area contributed by atoms with E-state index >= 15 is 0 Å². The first kappa shape index (κ1) is 11.5. The zero-order valence-corrected chi connectivity index (χ0v) is 9.82. The van der Waals surface area contributed by atoms with Crippen molar-refractivity contribution >= 4 is 29.1 Å². The normalized spacial score (nSPS) is 12.7. The number of aliphatic carboxylic acids is 1. The Morgan fingerprint density at radius 2 is 2.50 bits per heavy atom. The van der Waals surface area contributed by atoms with Crippen molar-refractivity contribution in [3.8, 4) is 0 Å². The van der Waals surface area contributed by atoms with Gasteiger partial charge in [0.05, 0.1) is 11.4 Å². The van der Waals surface area contributed by atoms with E-state index in [0.717, 1.165) is 16.5 Å². The molecule has 1 unspecified atom stereocenters. The highest BCUT2D eigenvalue weighted by Crippen LogP contribution is 2.27. The van der Waals surface area contributed by atoms with Gasteiger partial charge in [-0.1, -0.05) is 25.6 Å². The summed E-state index contributed by atoms with van der Waals surface area (Å²) in [5.74, 6) is -0.242. The number of hydrogen-bond acceptors (Lipinski definition) is 4. The molecule has 5 heteroatoms. The van der Waals surface area contributed by atoms with Crippen LogP contribution in [0.1, 0.15) is 31.9 Å². The molecule has 0 aliphatic heterocycles. The molecule has 1 atom stereocenters. The maximum absolute atomic E-state index is 10.3. The van der Waals surface area contributed by atoms with E-state index in [1.807, 2.05) is 5.38 Å². The number of rotatable bonds is 5. The molecule has 0 aliphatic carbocycles. The molecule has 0 amide bonds. The quantitative estimate of drug-likeness (QED) is 0.792. The van der Waals surface area contributed by atoms with Crippen molar-refractivity contribution in [1.82, 2.24) is 4.98 Å². The molecule has 1 rings (SSSR count). The fourth-order valence-corrected chi connectivity index (χ4v) is 2.57. The van der Waals surface area contributed by atoms with Crippen molar-refractivity contribution in [2.45, 2.75) is 30.5 Å². The van der Waals surface area contributed by atoms with Gasteiger partial charge in [-0.2, -0.15) is 0 Å². The largest absolute Gasteiger partial charge is 0.481 e. The lowest BCUT2D eigenvalue weighted by Gasteiger charge is -2.01. The highest BCUT2D eigenvalue weighted by atomic mass is 32.2. The molecule has 0 saturated heterocycles. The molecule has 1 N–H and O–H groups in total. The van der Waals surface area contributed by atoms with Gasteiger partial charge < -0.3 is 5.11 Å². The fourth-order valence-electron chi connectivity index (χ4n) is 0.894. The third-order valence-electron chi connectivity index (χ3n) is 1.94. The lowest BCUT2D eigenvalue weighted by atomic mass is 10.1. The molecule has 0 fully saturated rings. The molecule has 1 aromatic rings. The SMILES string of the molecule is CCC(C)c1csc(SCC(=O)O)n1. The number of carboxylic acid groups (broad SMARTS) is 1. The Hall–Kier alpha value is -0.550. The van der Waals surface area contributed by atoms with Crippen molar-refractivity contribution < 1.29 is 9.90 Å². The van der Waals surface area contributed by atoms with Gasteiger partial charge in [0.1, 0.15) is 0 Å². The number of thiazole rings is 1. The first-order valence-electron chi connectivity index (χ1n) is 4.43. The minimum atomic E-state index is -0.796. The second-order valence-corrected chi connectivity index (χ2v) is 5.11. The third kappa shape index (κ3) is 3.31. The van der Waals surface area contributed by atoms with Gasteiger partial charge in [-0.15, -0.1) is 11.3 Å². The first-order valence-corrected chi connectivity index (χ1v) is 6.30. The molecule has 0 saturated carbocycles. The summed E-state index contributed by atoms with van der Waals surface area (Å²) in [6, 6.07) is 0. The van der Waals surface area contributed by atoms with Crippen LogP contribution in [0.5, 0.6) is 0 Å². The third-order valence-corrected chi connectivity index (χ3v) is 3.96. The molecular weight excluding hydrogens is 218 g/mol. The average Bonchev–Trinajstić information content (AvgIpc) is 2.62. The van der Waals surface area contributed by atoms with E-state index < -0.39 is 5.97 Å². The monoisotopic (exact) mass is 231 g/mol. The summed E-state index contributed by atoms with van der Waals surface area (Å²) in [7, 11) is 0. The summed E-state index contributed by atoms with van der Waals surface area (Å²) in [5, 5.41) is 10.5. The summed E-state index contributed by atoms with van der Waals surface area (Å²) < 4.78 is 0.850. The molecule has 0 bridgehead atoms. The van der Waals surface area contributed by atoms with Crippen LogP contribution in [0.25, 0.3) is 0 Å². The molecule has 3 nitrogen and oxygen atoms in total. The molecule has 0 spiro atoms. The van der Waals surface area contributed by atoms with Crippen LogP contribution in [-0.4, -0.2) is 21.8 Å². The summed E-state index contributed by atoms with van der Waals surface area (Å²) in [6.45, 7) is 4.24. The van der Waals surface area contributed by atoms with Crippen molar-refractivity contribution in [3.63, 3.8) is 0 Å². The molecule has 1 heterocycles. The molecule has 14 heavy (non-hydrogen) atoms. The van der Waals surface area contributed by atoms with Gasteiger partial charge in [0, 0.05) is 5.38 Å². The predicted octanol–water partition coefficient (Wildman–Crippen LogP) is 2.83. The van der Waals surface area contributed by atoms with Crippen molar-refractivity contribution in [3.05, 3.63) is 11.1 Å². The van der Waals surface area contributed by atoms with Crippen LogP contribution in [0.3, 0.4) is 0 Å². The van der Waals surface area contributed by atoms with E-state index in [1.165, 1.54) is 23.1 Å². The lowest BCUT2D eigenvalue weighted by Crippen LogP contribution is -1.97. The van der Waals surface area contributed by atoms with Crippen molar-refractivity contribution in [1.29, 1.82) is 0 Å². The Balaban J connectivity index is 2.54. The Bertz CT molecular complexity index is 312. The Kier molecular flexibility index (Phi) is 4.41. The Labute approximate surface area is 91.6 Å². The molecular formula is C9H13NO2S2. The molecule has 0 radical (unpaired) electrons. The van der Waals surface area contributed by atoms with Crippen LogP contribution in [0.15, 0.2) is 9.72 Å². The van der Waals surface area contributed by atoms with E-state index in [0.29, 0.717) is 5.92 Å². The Morgan fingerprint density at radius 3 is 3.07 bits per heavy atom. The standard InChI is InChI=1S/C9H13NO2S2/c1-3-6(2)7-4-13-9(10-7)14-5-8(11)12/h4,6H,3,5H2,1-2H3,(H,11,12). The van der Waals surface area contributed by atoms with Gasteiger partial charge in [-0.3, -0.25) is 4.79 Å². The number of carboxylic acids is 1. The molecule has 0 aromatic carbocycles. The number of hydrogen-bond donors (Lipinski definition) is 1. The zero-order chi connectivity index (χ0) is 10.6. The number of nitrogens with zero attached hydrogens (tertiary/aromatic N) is 1. The minimum absolute atomic E-state index is 0.0907. The minimum Gasteiger partial charge on any atom is -0.481 e. The molecule has 0 aliphatic rings. The average molecular weight is 231 g/mol. The number of carbonyl (C=O) groups is 1. The topological polar surface area (TPSA) is 50.2 Å². The van der Waals surface area contributed by atoms with Crippen LogP contribution >= 0.6 is 23.1 Å². The predicted molar refractivity (Wildman–Crippen MR) is 59.2 cm³/mol. The smallest absolute Gasteiger partial charge is 0.313 e. The summed E-state index contributed by atoms with van der Waals surface area (Å²) in [5.41, 5.74) is 1.07. The van der Waals surface area contributed by atoms with Crippen LogP contribution in [0.4, 0.5) is 0 Å². The Morgan fingerprint density at radius 1 is 1.79 bits per heavy atom. The van der Waals surface area contributed by atoms with Crippen LogP contribution in [0, 0.1) is 0 Å². The lowest BCUT2D eigenvalue weighted by molar-refractivity contribution is -0.133. The summed E-state index contributed by atoms with van der Waals surface area (Å²) in [6.07, 6.45) is 1.06. The van der Waals surface area contributed by atoms with E-state index in [9.17, 15) is 4.79 Å². The van der Waals surface area contributed by atoms with Gasteiger partial charge in [-0.05, 0) is 12.3 Å². The number of aromatic nitrogens is 1. The van der Waals surface area contributed by atoms with E-state index in [-0.39, 0.29) is 5.75 Å². The van der Waals surface area contributed by atoms with Crippen LogP contribution in [-0.2, 0) is 4.79 Å². The first-order chi connectivity index (χ1) is 6.63. The highest BCUT2D eigenvalue weighted by Gasteiger charge is 2.09. The summed E-state index contributed by atoms with van der Waals surface area (Å²) >= 11 is 2.81. The van der Waals surface area contributed by atoms with Gasteiger partial charge in [0.15, 0.2) is 4.34 Å².